The molecule has 176 valence electrons. The number of hydrogen-bond donors (Lipinski definition) is 1. The topological polar surface area (TPSA) is 69.7 Å². The maximum absolute atomic E-state index is 14.2. The fourth-order valence-corrected chi connectivity index (χ4v) is 6.39. The number of hydrogen-bond acceptors (Lipinski definition) is 4. The van der Waals surface area contributed by atoms with Crippen molar-refractivity contribution in [1.29, 1.82) is 0 Å². The van der Waals surface area contributed by atoms with Gasteiger partial charge in [0.05, 0.1) is 11.3 Å². The molecule has 2 aliphatic rings. The molecule has 0 unspecified atom stereocenters. The van der Waals surface area contributed by atoms with Gasteiger partial charge in [-0.2, -0.15) is 4.31 Å². The van der Waals surface area contributed by atoms with Gasteiger partial charge < -0.3 is 5.32 Å². The number of aryl methyl sites for hydroxylation is 1. The van der Waals surface area contributed by atoms with Crippen LogP contribution in [0.25, 0.3) is 0 Å². The Hall–Kier alpha value is -1.22. The van der Waals surface area contributed by atoms with Crippen molar-refractivity contribution in [3.63, 3.8) is 0 Å². The second kappa shape index (κ2) is 11.1. The quantitative estimate of drug-likeness (QED) is 0.656. The van der Waals surface area contributed by atoms with Gasteiger partial charge in [0.1, 0.15) is 5.82 Å². The maximum atomic E-state index is 14.2. The number of sulfonamides is 1. The molecular weight excluding hydrogens is 441 g/mol. The van der Waals surface area contributed by atoms with Gasteiger partial charge in [0.15, 0.2) is 0 Å². The second-order valence-corrected chi connectivity index (χ2v) is 10.7. The molecule has 1 aromatic carbocycles. The van der Waals surface area contributed by atoms with Crippen molar-refractivity contribution in [2.45, 2.75) is 57.9 Å². The summed E-state index contributed by atoms with van der Waals surface area (Å²) < 4.78 is 40.6. The van der Waals surface area contributed by atoms with E-state index in [0.717, 1.165) is 25.7 Å². The second-order valence-electron chi connectivity index (χ2n) is 8.60. The van der Waals surface area contributed by atoms with Crippen molar-refractivity contribution in [3.05, 3.63) is 35.1 Å². The van der Waals surface area contributed by atoms with Gasteiger partial charge in [0, 0.05) is 38.3 Å². The van der Waals surface area contributed by atoms with Gasteiger partial charge in [-0.25, -0.2) is 12.8 Å². The lowest BCUT2D eigenvalue weighted by molar-refractivity contribution is 0.0239. The number of amides is 1. The molecule has 0 atom stereocenters. The molecule has 0 radical (unpaired) electrons. The van der Waals surface area contributed by atoms with Crippen LogP contribution in [0.4, 0.5) is 4.39 Å². The minimum atomic E-state index is -3.18. The lowest BCUT2D eigenvalue weighted by Crippen LogP contribution is -2.62. The van der Waals surface area contributed by atoms with Gasteiger partial charge in [0.2, 0.25) is 10.0 Å². The number of piperazine rings is 1. The highest BCUT2D eigenvalue weighted by molar-refractivity contribution is 7.89. The Balaban J connectivity index is 0.00000341. The molecule has 0 bridgehead atoms. The van der Waals surface area contributed by atoms with Gasteiger partial charge >= 0.3 is 0 Å². The Morgan fingerprint density at radius 3 is 2.35 bits per heavy atom. The predicted molar refractivity (Wildman–Crippen MR) is 124 cm³/mol. The van der Waals surface area contributed by atoms with E-state index in [0.29, 0.717) is 44.7 Å². The van der Waals surface area contributed by atoms with E-state index in [1.807, 2.05) is 6.92 Å². The van der Waals surface area contributed by atoms with Crippen LogP contribution in [-0.2, 0) is 10.0 Å². The van der Waals surface area contributed by atoms with Crippen molar-refractivity contribution < 1.29 is 17.6 Å². The van der Waals surface area contributed by atoms with Gasteiger partial charge in [-0.05, 0) is 37.8 Å². The minimum absolute atomic E-state index is 0. The summed E-state index contributed by atoms with van der Waals surface area (Å²) in [5, 5.41) is 3.00. The van der Waals surface area contributed by atoms with Crippen molar-refractivity contribution in [1.82, 2.24) is 14.5 Å². The third-order valence-electron chi connectivity index (χ3n) is 6.58. The molecule has 0 aromatic heterocycles. The van der Waals surface area contributed by atoms with Gasteiger partial charge in [-0.15, -0.1) is 12.4 Å². The number of halogens is 2. The van der Waals surface area contributed by atoms with Crippen LogP contribution in [-0.4, -0.2) is 67.5 Å². The first-order chi connectivity index (χ1) is 14.3. The monoisotopic (exact) mass is 475 g/mol. The average molecular weight is 476 g/mol. The summed E-state index contributed by atoms with van der Waals surface area (Å²) in [5.74, 6) is -0.685. The fourth-order valence-electron chi connectivity index (χ4n) is 4.90. The summed E-state index contributed by atoms with van der Waals surface area (Å²) in [7, 11) is -3.18. The lowest BCUT2D eigenvalue weighted by atomic mass is 9.79. The average Bonchev–Trinajstić information content (AvgIpc) is 2.73. The standard InChI is InChI=1S/C22H34FN3O3S.ClH/c1-3-16-30(28,29)26-14-12-25(13-15-26)22(10-5-4-6-11-22)17-24-21(27)20-18(2)8-7-9-19(20)23;/h7-9H,3-6,10-17H2,1-2H3,(H,24,27);1H. The highest BCUT2D eigenvalue weighted by atomic mass is 35.5. The molecule has 2 fully saturated rings. The summed E-state index contributed by atoms with van der Waals surface area (Å²) in [6.07, 6.45) is 5.89. The molecule has 1 heterocycles. The Morgan fingerprint density at radius 1 is 1.13 bits per heavy atom. The molecule has 1 amide bonds. The SMILES string of the molecule is CCCS(=O)(=O)N1CCN(C2(CNC(=O)c3c(C)cccc3F)CCCCC2)CC1.Cl. The number of nitrogens with zero attached hydrogens (tertiary/aromatic N) is 2. The minimum Gasteiger partial charge on any atom is -0.350 e. The molecule has 9 heteroatoms. The smallest absolute Gasteiger partial charge is 0.254 e. The van der Waals surface area contributed by atoms with E-state index in [1.165, 1.54) is 12.5 Å². The molecule has 6 nitrogen and oxygen atoms in total. The third-order valence-corrected chi connectivity index (χ3v) is 8.65. The van der Waals surface area contributed by atoms with Gasteiger partial charge in [-0.3, -0.25) is 9.69 Å². The number of nitrogens with one attached hydrogen (secondary N) is 1. The van der Waals surface area contributed by atoms with Crippen LogP contribution in [0.3, 0.4) is 0 Å². The lowest BCUT2D eigenvalue weighted by Gasteiger charge is -2.49. The van der Waals surface area contributed by atoms with E-state index in [1.54, 1.807) is 23.4 Å². The van der Waals surface area contributed by atoms with E-state index in [9.17, 15) is 17.6 Å². The summed E-state index contributed by atoms with van der Waals surface area (Å²) in [5.41, 5.74) is 0.548. The molecular formula is C22H35ClFN3O3S. The zero-order valence-corrected chi connectivity index (χ0v) is 20.2. The first-order valence-electron chi connectivity index (χ1n) is 11.1. The summed E-state index contributed by atoms with van der Waals surface area (Å²) in [6.45, 7) is 6.39. The van der Waals surface area contributed by atoms with Crippen LogP contribution in [0.5, 0.6) is 0 Å². The van der Waals surface area contributed by atoms with Crippen LogP contribution in [0.15, 0.2) is 18.2 Å². The third kappa shape index (κ3) is 5.97. The highest BCUT2D eigenvalue weighted by Gasteiger charge is 2.41. The molecule has 1 saturated heterocycles. The van der Waals surface area contributed by atoms with Crippen molar-refractivity contribution in [3.8, 4) is 0 Å². The van der Waals surface area contributed by atoms with Gasteiger partial charge in [-0.1, -0.05) is 38.3 Å². The Morgan fingerprint density at radius 2 is 1.77 bits per heavy atom. The van der Waals surface area contributed by atoms with Crippen molar-refractivity contribution in [2.24, 2.45) is 0 Å². The normalized spacial score (nSPS) is 20.1. The number of carbonyl (C=O) groups excluding carboxylic acids is 1. The van der Waals surface area contributed by atoms with Gasteiger partial charge in [0.25, 0.3) is 5.91 Å². The van der Waals surface area contributed by atoms with E-state index >= 15 is 0 Å². The number of benzene rings is 1. The number of carbonyl (C=O) groups is 1. The Labute approximate surface area is 192 Å². The van der Waals surface area contributed by atoms with E-state index < -0.39 is 15.8 Å². The van der Waals surface area contributed by atoms with E-state index in [2.05, 4.69) is 10.2 Å². The largest absolute Gasteiger partial charge is 0.350 e. The van der Waals surface area contributed by atoms with Crippen LogP contribution >= 0.6 is 12.4 Å². The van der Waals surface area contributed by atoms with Crippen molar-refractivity contribution >= 4 is 28.3 Å². The van der Waals surface area contributed by atoms with Crippen LogP contribution in [0.1, 0.15) is 61.4 Å². The highest BCUT2D eigenvalue weighted by Crippen LogP contribution is 2.34. The van der Waals surface area contributed by atoms with Crippen LogP contribution in [0, 0.1) is 12.7 Å². The van der Waals surface area contributed by atoms with Crippen LogP contribution in [0.2, 0.25) is 0 Å². The first kappa shape index (κ1) is 26.0. The number of rotatable bonds is 7. The van der Waals surface area contributed by atoms with E-state index in [-0.39, 0.29) is 35.2 Å². The molecule has 1 aliphatic heterocycles. The molecule has 3 rings (SSSR count). The first-order valence-corrected chi connectivity index (χ1v) is 12.7. The molecule has 0 spiro atoms. The zero-order chi connectivity index (χ0) is 21.8. The Bertz CT molecular complexity index is 831. The summed E-state index contributed by atoms with van der Waals surface area (Å²) >= 11 is 0. The predicted octanol–water partition coefficient (Wildman–Crippen LogP) is 3.35. The fraction of sp³-hybridized carbons (Fsp3) is 0.682. The molecule has 1 aromatic rings. The molecule has 1 N–H and O–H groups in total. The maximum Gasteiger partial charge on any atom is 0.254 e. The summed E-state index contributed by atoms with van der Waals surface area (Å²) in [4.78, 5) is 15.1. The summed E-state index contributed by atoms with van der Waals surface area (Å²) in [6, 6.07) is 4.66. The molecule has 31 heavy (non-hydrogen) atoms. The van der Waals surface area contributed by atoms with Crippen LogP contribution < -0.4 is 5.32 Å². The molecule has 1 saturated carbocycles. The zero-order valence-electron chi connectivity index (χ0n) is 18.5. The Kier molecular flexibility index (Phi) is 9.30. The molecule has 1 aliphatic carbocycles. The van der Waals surface area contributed by atoms with E-state index in [4.69, 9.17) is 0 Å². The van der Waals surface area contributed by atoms with Crippen molar-refractivity contribution in [2.75, 3.05) is 38.5 Å².